The molecule has 0 fully saturated rings. The summed E-state index contributed by atoms with van der Waals surface area (Å²) in [4.78, 5) is 5.20. The number of hydrogen-bond acceptors (Lipinski definition) is 2. The van der Waals surface area contributed by atoms with Gasteiger partial charge in [0.15, 0.2) is 0 Å². The fourth-order valence-electron chi connectivity index (χ4n) is 14.1. The Hall–Kier alpha value is -8.14. The fourth-order valence-corrected chi connectivity index (χ4v) is 14.1. The van der Waals surface area contributed by atoms with Crippen molar-refractivity contribution in [2.75, 3.05) is 9.80 Å². The Morgan fingerprint density at radius 1 is 0.346 bits per heavy atom. The summed E-state index contributed by atoms with van der Waals surface area (Å²) in [5, 5.41) is 0. The molecule has 2 heterocycles. The van der Waals surface area contributed by atoms with Gasteiger partial charge < -0.3 is 9.80 Å². The average Bonchev–Trinajstić information content (AvgIpc) is 2.92. The Morgan fingerprint density at radius 2 is 0.782 bits per heavy atom. The molecule has 2 nitrogen and oxygen atoms in total. The lowest BCUT2D eigenvalue weighted by molar-refractivity contribution is 0.590. The van der Waals surface area contributed by atoms with E-state index in [2.05, 4.69) is 292 Å². The van der Waals surface area contributed by atoms with Crippen LogP contribution >= 0.6 is 0 Å². The highest BCUT2D eigenvalue weighted by Crippen LogP contribution is 2.55. The smallest absolute Gasteiger partial charge is 0.252 e. The molecule has 380 valence electrons. The monoisotopic (exact) mass is 1010 g/mol. The Labute approximate surface area is 463 Å². The molecule has 3 heteroatoms. The van der Waals surface area contributed by atoms with Gasteiger partial charge in [0.1, 0.15) is 0 Å². The van der Waals surface area contributed by atoms with Crippen LogP contribution in [-0.4, -0.2) is 6.71 Å². The molecule has 10 aromatic carbocycles. The number of hydrogen-bond donors (Lipinski definition) is 0. The van der Waals surface area contributed by atoms with Crippen molar-refractivity contribution in [3.05, 3.63) is 245 Å². The van der Waals surface area contributed by atoms with E-state index in [0.717, 1.165) is 5.69 Å². The van der Waals surface area contributed by atoms with Crippen LogP contribution in [0.5, 0.6) is 0 Å². The topological polar surface area (TPSA) is 6.48 Å². The Bertz CT molecular complexity index is 4120. The third-order valence-electron chi connectivity index (χ3n) is 18.2. The molecule has 0 saturated carbocycles. The molecule has 2 aliphatic carbocycles. The largest absolute Gasteiger partial charge is 0.311 e. The summed E-state index contributed by atoms with van der Waals surface area (Å²) in [6.45, 7) is 25.9. The molecule has 0 bridgehead atoms. The van der Waals surface area contributed by atoms with Gasteiger partial charge in [-0.25, -0.2) is 0 Å². The number of benzene rings is 10. The van der Waals surface area contributed by atoms with E-state index < -0.39 is 0 Å². The summed E-state index contributed by atoms with van der Waals surface area (Å²) in [5.41, 5.74) is 33.2. The van der Waals surface area contributed by atoms with Gasteiger partial charge in [-0.1, -0.05) is 227 Å². The molecule has 0 N–H and O–H groups in total. The SMILES string of the molecule is Cc1cc2c3c(c1)N(c1ccc(-c4cccc5c4-c4ccccc4C5(C)C)cc1-c1ccccc1)c1ccc(C(C)(C)C)cc1B3c1cc(C(C)(C)C)ccc1N2c1ccc(-c2cccc3c2-c2ccccc2C3(C)C)cc1. The number of nitrogens with zero attached hydrogens (tertiary/aromatic N) is 2. The van der Waals surface area contributed by atoms with Gasteiger partial charge in [0.2, 0.25) is 0 Å². The highest BCUT2D eigenvalue weighted by atomic mass is 15.2. The van der Waals surface area contributed by atoms with Crippen molar-refractivity contribution in [3.63, 3.8) is 0 Å². The predicted octanol–water partition coefficient (Wildman–Crippen LogP) is 18.3. The van der Waals surface area contributed by atoms with Gasteiger partial charge in [0.05, 0.1) is 5.69 Å². The summed E-state index contributed by atoms with van der Waals surface area (Å²) in [5.74, 6) is 0. The first-order valence-corrected chi connectivity index (χ1v) is 28.2. The van der Waals surface area contributed by atoms with Crippen LogP contribution in [0.15, 0.2) is 206 Å². The van der Waals surface area contributed by atoms with Gasteiger partial charge in [-0.15, -0.1) is 0 Å². The molecular formula is C75H67BN2. The molecule has 2 aliphatic heterocycles. The van der Waals surface area contributed by atoms with Crippen LogP contribution < -0.4 is 26.2 Å². The second-order valence-electron chi connectivity index (χ2n) is 25.8. The van der Waals surface area contributed by atoms with Crippen LogP contribution in [-0.2, 0) is 21.7 Å². The van der Waals surface area contributed by atoms with Crippen molar-refractivity contribution in [2.24, 2.45) is 0 Å². The van der Waals surface area contributed by atoms with Gasteiger partial charge in [0.25, 0.3) is 6.71 Å². The van der Waals surface area contributed by atoms with Crippen molar-refractivity contribution in [1.82, 2.24) is 0 Å². The van der Waals surface area contributed by atoms with Gasteiger partial charge >= 0.3 is 0 Å². The van der Waals surface area contributed by atoms with Gasteiger partial charge in [-0.05, 0) is 172 Å². The lowest BCUT2D eigenvalue weighted by Gasteiger charge is -2.45. The van der Waals surface area contributed by atoms with Crippen LogP contribution in [0.3, 0.4) is 0 Å². The van der Waals surface area contributed by atoms with Crippen molar-refractivity contribution in [2.45, 2.75) is 97.8 Å². The zero-order valence-electron chi connectivity index (χ0n) is 47.1. The molecule has 14 rings (SSSR count). The quantitative estimate of drug-likeness (QED) is 0.159. The fraction of sp³-hybridized carbons (Fsp3) is 0.200. The molecule has 0 radical (unpaired) electrons. The molecule has 10 aromatic rings. The minimum atomic E-state index is -0.0944. The van der Waals surface area contributed by atoms with Crippen molar-refractivity contribution in [1.29, 1.82) is 0 Å². The summed E-state index contributed by atoms with van der Waals surface area (Å²) in [6, 6.07) is 79.4. The third kappa shape index (κ3) is 7.09. The molecule has 0 aromatic heterocycles. The lowest BCUT2D eigenvalue weighted by Crippen LogP contribution is -2.61. The zero-order valence-corrected chi connectivity index (χ0v) is 47.1. The summed E-state index contributed by atoms with van der Waals surface area (Å²) in [7, 11) is 0. The maximum Gasteiger partial charge on any atom is 0.252 e. The van der Waals surface area contributed by atoms with E-state index in [-0.39, 0.29) is 28.4 Å². The molecule has 4 aliphatic rings. The van der Waals surface area contributed by atoms with E-state index in [1.807, 2.05) is 0 Å². The van der Waals surface area contributed by atoms with Crippen molar-refractivity contribution < 1.29 is 0 Å². The highest BCUT2D eigenvalue weighted by molar-refractivity contribution is 7.00. The second kappa shape index (κ2) is 16.9. The molecule has 0 atom stereocenters. The Kier molecular flexibility index (Phi) is 10.5. The maximum atomic E-state index is 2.62. The van der Waals surface area contributed by atoms with Crippen LogP contribution in [0.2, 0.25) is 0 Å². The first-order chi connectivity index (χ1) is 37.4. The van der Waals surface area contributed by atoms with E-state index in [4.69, 9.17) is 0 Å². The first kappa shape index (κ1) is 48.3. The standard InChI is InChI=1S/C75H67BN2/c1-46-41-67-71-68(42-46)78(64-38-33-49(43-57(64)47-21-13-12-14-22-47)54-26-20-30-61-70(54)56-24-16-18-28-59(56)75(61,10)11)66-40-35-51(73(5,6)7)45-63(66)76(71)62-44-50(72(2,3)4)34-39-65(62)77(67)52-36-31-48(32-37-52)53-25-19-29-60-69(53)55-23-15-17-27-58(55)74(60,8)9/h12-45H,1-11H3. The van der Waals surface area contributed by atoms with Gasteiger partial charge in [-0.3, -0.25) is 0 Å². The molecule has 0 amide bonds. The van der Waals surface area contributed by atoms with Crippen LogP contribution in [0.1, 0.15) is 108 Å². The Morgan fingerprint density at radius 3 is 1.33 bits per heavy atom. The average molecular weight is 1010 g/mol. The van der Waals surface area contributed by atoms with E-state index >= 15 is 0 Å². The highest BCUT2D eigenvalue weighted by Gasteiger charge is 2.45. The minimum absolute atomic E-state index is 0.0120. The number of anilines is 6. The normalized spacial score (nSPS) is 15.0. The minimum Gasteiger partial charge on any atom is -0.311 e. The van der Waals surface area contributed by atoms with E-state index in [0.29, 0.717) is 0 Å². The van der Waals surface area contributed by atoms with Crippen molar-refractivity contribution >= 4 is 57.2 Å². The summed E-state index contributed by atoms with van der Waals surface area (Å²) >= 11 is 0. The van der Waals surface area contributed by atoms with Crippen LogP contribution in [0.4, 0.5) is 34.1 Å². The summed E-state index contributed by atoms with van der Waals surface area (Å²) < 4.78 is 0. The molecule has 0 spiro atoms. The van der Waals surface area contributed by atoms with Gasteiger partial charge in [-0.2, -0.15) is 0 Å². The molecule has 0 saturated heterocycles. The Balaban J connectivity index is 1.00. The van der Waals surface area contributed by atoms with E-state index in [1.165, 1.54) is 139 Å². The number of aryl methyl sites for hydroxylation is 1. The first-order valence-electron chi connectivity index (χ1n) is 28.2. The zero-order chi connectivity index (χ0) is 53.8. The lowest BCUT2D eigenvalue weighted by atomic mass is 9.33. The third-order valence-corrected chi connectivity index (χ3v) is 18.2. The van der Waals surface area contributed by atoms with E-state index in [9.17, 15) is 0 Å². The number of rotatable bonds is 5. The van der Waals surface area contributed by atoms with Gasteiger partial charge in [0, 0.05) is 44.8 Å². The molecule has 78 heavy (non-hydrogen) atoms. The van der Waals surface area contributed by atoms with Crippen LogP contribution in [0.25, 0.3) is 55.6 Å². The summed E-state index contributed by atoms with van der Waals surface area (Å²) in [6.07, 6.45) is 0. The predicted molar refractivity (Wildman–Crippen MR) is 334 cm³/mol. The van der Waals surface area contributed by atoms with Crippen LogP contribution in [0, 0.1) is 6.92 Å². The second-order valence-corrected chi connectivity index (χ2v) is 25.8. The number of fused-ring (bicyclic) bond motifs is 10. The van der Waals surface area contributed by atoms with E-state index in [1.54, 1.807) is 0 Å². The maximum absolute atomic E-state index is 2.62. The molecule has 0 unspecified atom stereocenters. The molecular weight excluding hydrogens is 940 g/mol. The van der Waals surface area contributed by atoms with Crippen molar-refractivity contribution in [3.8, 4) is 55.6 Å².